The van der Waals surface area contributed by atoms with Crippen LogP contribution in [0.4, 0.5) is 0 Å². The van der Waals surface area contributed by atoms with Gasteiger partial charge in [-0.3, -0.25) is 0 Å². The molecule has 1 fully saturated rings. The Morgan fingerprint density at radius 3 is 2.33 bits per heavy atom. The van der Waals surface area contributed by atoms with E-state index in [1.165, 1.54) is 12.0 Å². The zero-order valence-electron chi connectivity index (χ0n) is 8.38. The van der Waals surface area contributed by atoms with Crippen molar-refractivity contribution in [1.29, 1.82) is 0 Å². The molecule has 0 radical (unpaired) electrons. The van der Waals surface area contributed by atoms with Gasteiger partial charge in [-0.1, -0.05) is 30.3 Å². The molecule has 0 amide bonds. The molecule has 0 spiro atoms. The molecular weight excluding hydrogens is 184 g/mol. The summed E-state index contributed by atoms with van der Waals surface area (Å²) >= 11 is 0. The molecule has 0 N–H and O–H groups in total. The van der Waals surface area contributed by atoms with Gasteiger partial charge in [0.25, 0.3) is 0 Å². The van der Waals surface area contributed by atoms with Crippen LogP contribution in [-0.2, 0) is 0 Å². The largest absolute Gasteiger partial charge is 0.241 e. The summed E-state index contributed by atoms with van der Waals surface area (Å²) in [4.78, 5) is 8.61. The van der Waals surface area contributed by atoms with Crippen LogP contribution in [0.5, 0.6) is 0 Å². The van der Waals surface area contributed by atoms with E-state index < -0.39 is 0 Å². The Bertz CT molecular complexity index is 395. The Morgan fingerprint density at radius 2 is 1.60 bits per heavy atom. The minimum absolute atomic E-state index is 0.536. The van der Waals surface area contributed by atoms with Crippen LogP contribution in [0.2, 0.25) is 0 Å². The van der Waals surface area contributed by atoms with Gasteiger partial charge >= 0.3 is 0 Å². The summed E-state index contributed by atoms with van der Waals surface area (Å²) in [6.07, 6.45) is 4.83. The summed E-state index contributed by atoms with van der Waals surface area (Å²) < 4.78 is 0. The van der Waals surface area contributed by atoms with E-state index in [2.05, 4.69) is 40.3 Å². The monoisotopic (exact) mass is 196 g/mol. The number of rotatable bonds is 2. The number of nitrogens with zero attached hydrogens (tertiary/aromatic N) is 2. The minimum Gasteiger partial charge on any atom is -0.241 e. The molecule has 1 saturated carbocycles. The molecule has 2 aromatic rings. The minimum atomic E-state index is 0.536. The van der Waals surface area contributed by atoms with E-state index in [4.69, 9.17) is 0 Å². The van der Waals surface area contributed by atoms with Gasteiger partial charge < -0.3 is 0 Å². The van der Waals surface area contributed by atoms with E-state index in [-0.39, 0.29) is 0 Å². The highest BCUT2D eigenvalue weighted by atomic mass is 14.9. The quantitative estimate of drug-likeness (QED) is 0.738. The molecule has 0 aliphatic heterocycles. The maximum absolute atomic E-state index is 4.31. The second-order valence-electron chi connectivity index (χ2n) is 3.97. The Labute approximate surface area is 89.0 Å². The normalized spacial score (nSPS) is 23.7. The van der Waals surface area contributed by atoms with Crippen molar-refractivity contribution < 1.29 is 0 Å². The molecule has 1 heterocycles. The highest BCUT2D eigenvalue weighted by Gasteiger charge is 2.41. The molecule has 2 nitrogen and oxygen atoms in total. The lowest BCUT2D eigenvalue weighted by Crippen LogP contribution is -1.91. The number of hydrogen-bond donors (Lipinski definition) is 0. The second-order valence-corrected chi connectivity index (χ2v) is 3.97. The number of benzene rings is 1. The third-order valence-corrected chi connectivity index (χ3v) is 2.94. The fraction of sp³-hybridized carbons (Fsp3) is 0.231. The topological polar surface area (TPSA) is 25.8 Å². The Balaban J connectivity index is 1.81. The van der Waals surface area contributed by atoms with E-state index in [1.807, 2.05) is 18.5 Å². The van der Waals surface area contributed by atoms with E-state index in [0.29, 0.717) is 11.8 Å². The maximum Gasteiger partial charge on any atom is 0.131 e. The van der Waals surface area contributed by atoms with E-state index in [0.717, 1.165) is 5.82 Å². The first-order valence-electron chi connectivity index (χ1n) is 5.27. The molecule has 1 aromatic heterocycles. The van der Waals surface area contributed by atoms with E-state index in [1.54, 1.807) is 0 Å². The molecule has 15 heavy (non-hydrogen) atoms. The zero-order chi connectivity index (χ0) is 10.1. The van der Waals surface area contributed by atoms with Gasteiger partial charge in [0.05, 0.1) is 0 Å². The summed E-state index contributed by atoms with van der Waals surface area (Å²) in [5, 5.41) is 0. The van der Waals surface area contributed by atoms with Crippen molar-refractivity contribution in [3.63, 3.8) is 0 Å². The van der Waals surface area contributed by atoms with Crippen molar-refractivity contribution >= 4 is 0 Å². The van der Waals surface area contributed by atoms with Crippen molar-refractivity contribution in [3.8, 4) is 0 Å². The third-order valence-electron chi connectivity index (χ3n) is 2.94. The molecular formula is C13H12N2. The lowest BCUT2D eigenvalue weighted by atomic mass is 10.1. The molecule has 74 valence electrons. The summed E-state index contributed by atoms with van der Waals surface area (Å²) in [6, 6.07) is 12.5. The molecule has 0 bridgehead atoms. The number of hydrogen-bond acceptors (Lipinski definition) is 2. The van der Waals surface area contributed by atoms with Crippen molar-refractivity contribution in [2.24, 2.45) is 0 Å². The lowest BCUT2D eigenvalue weighted by molar-refractivity contribution is 0.894. The molecule has 2 heteroatoms. The lowest BCUT2D eigenvalue weighted by Gasteiger charge is -1.98. The molecule has 2 unspecified atom stereocenters. The second kappa shape index (κ2) is 3.46. The van der Waals surface area contributed by atoms with Crippen LogP contribution in [0.25, 0.3) is 0 Å². The first kappa shape index (κ1) is 8.60. The van der Waals surface area contributed by atoms with Gasteiger partial charge in [0.1, 0.15) is 5.82 Å². The van der Waals surface area contributed by atoms with Crippen LogP contribution in [0.15, 0.2) is 48.8 Å². The number of aromatic nitrogens is 2. The zero-order valence-corrected chi connectivity index (χ0v) is 8.38. The van der Waals surface area contributed by atoms with Gasteiger partial charge in [0.15, 0.2) is 0 Å². The van der Waals surface area contributed by atoms with Gasteiger partial charge in [0, 0.05) is 18.3 Å². The van der Waals surface area contributed by atoms with Crippen molar-refractivity contribution in [3.05, 3.63) is 60.2 Å². The Kier molecular flexibility index (Phi) is 1.98. The summed E-state index contributed by atoms with van der Waals surface area (Å²) in [5.74, 6) is 2.16. The molecule has 2 atom stereocenters. The van der Waals surface area contributed by atoms with Crippen LogP contribution in [-0.4, -0.2) is 9.97 Å². The Morgan fingerprint density at radius 1 is 0.867 bits per heavy atom. The molecule has 1 aromatic carbocycles. The highest BCUT2D eigenvalue weighted by molar-refractivity contribution is 5.30. The smallest absolute Gasteiger partial charge is 0.131 e. The van der Waals surface area contributed by atoms with E-state index >= 15 is 0 Å². The van der Waals surface area contributed by atoms with E-state index in [9.17, 15) is 0 Å². The average molecular weight is 196 g/mol. The van der Waals surface area contributed by atoms with Crippen molar-refractivity contribution in [1.82, 2.24) is 9.97 Å². The Hall–Kier alpha value is -1.70. The maximum atomic E-state index is 4.31. The first-order chi connectivity index (χ1) is 7.45. The van der Waals surface area contributed by atoms with Gasteiger partial charge in [0.2, 0.25) is 0 Å². The summed E-state index contributed by atoms with van der Waals surface area (Å²) in [6.45, 7) is 0. The van der Waals surface area contributed by atoms with Crippen LogP contribution < -0.4 is 0 Å². The van der Waals surface area contributed by atoms with Crippen LogP contribution in [0.3, 0.4) is 0 Å². The van der Waals surface area contributed by atoms with Gasteiger partial charge in [-0.05, 0) is 24.0 Å². The molecule has 1 aliphatic carbocycles. The summed E-state index contributed by atoms with van der Waals surface area (Å²) in [5.41, 5.74) is 1.41. The standard InChI is InChI=1S/C13H12N2/c1-2-5-10(6-3-1)11-9-12(11)13-14-7-4-8-15-13/h1-8,11-12H,9H2. The van der Waals surface area contributed by atoms with Crippen LogP contribution >= 0.6 is 0 Å². The predicted molar refractivity (Wildman–Crippen MR) is 58.6 cm³/mol. The van der Waals surface area contributed by atoms with Crippen molar-refractivity contribution in [2.45, 2.75) is 18.3 Å². The summed E-state index contributed by atoms with van der Waals surface area (Å²) in [7, 11) is 0. The van der Waals surface area contributed by atoms with Crippen LogP contribution in [0.1, 0.15) is 29.6 Å². The third kappa shape index (κ3) is 1.63. The molecule has 3 rings (SSSR count). The van der Waals surface area contributed by atoms with Crippen LogP contribution in [0, 0.1) is 0 Å². The molecule has 1 aliphatic rings. The predicted octanol–water partition coefficient (Wildman–Crippen LogP) is 2.75. The first-order valence-corrected chi connectivity index (χ1v) is 5.27. The van der Waals surface area contributed by atoms with Gasteiger partial charge in [-0.25, -0.2) is 9.97 Å². The van der Waals surface area contributed by atoms with Gasteiger partial charge in [-0.15, -0.1) is 0 Å². The average Bonchev–Trinajstić information content (AvgIpc) is 3.11. The van der Waals surface area contributed by atoms with Crippen molar-refractivity contribution in [2.75, 3.05) is 0 Å². The fourth-order valence-electron chi connectivity index (χ4n) is 2.05. The molecule has 0 saturated heterocycles. The highest BCUT2D eigenvalue weighted by Crippen LogP contribution is 2.53. The fourth-order valence-corrected chi connectivity index (χ4v) is 2.05. The SMILES string of the molecule is c1ccc(C2CC2c2ncccn2)cc1. The van der Waals surface area contributed by atoms with Gasteiger partial charge in [-0.2, -0.15) is 0 Å².